The molecule has 0 aliphatic carbocycles. The summed E-state index contributed by atoms with van der Waals surface area (Å²) in [5.74, 6) is 0. The zero-order chi connectivity index (χ0) is 12.3. The second kappa shape index (κ2) is 5.37. The van der Waals surface area contributed by atoms with Crippen LogP contribution in [0.25, 0.3) is 0 Å². The number of ether oxygens (including phenoxy) is 1. The summed E-state index contributed by atoms with van der Waals surface area (Å²) in [5.41, 5.74) is 1.43. The molecule has 0 spiro atoms. The van der Waals surface area contributed by atoms with Gasteiger partial charge < -0.3 is 14.7 Å². The molecule has 17 heavy (non-hydrogen) atoms. The molecule has 0 amide bonds. The molecule has 5 heteroatoms. The molecular formula is C12H13ClN2O2. The van der Waals surface area contributed by atoms with Crippen LogP contribution in [0.3, 0.4) is 0 Å². The Labute approximate surface area is 105 Å². The molecule has 0 aromatic heterocycles. The summed E-state index contributed by atoms with van der Waals surface area (Å²) < 4.78 is 5.38. The summed E-state index contributed by atoms with van der Waals surface area (Å²) in [5, 5.41) is 18.3. The van der Waals surface area contributed by atoms with Crippen molar-refractivity contribution in [2.45, 2.75) is 6.10 Å². The van der Waals surface area contributed by atoms with Crippen LogP contribution in [0.15, 0.2) is 18.2 Å². The van der Waals surface area contributed by atoms with Crippen LogP contribution in [0.2, 0.25) is 5.02 Å². The van der Waals surface area contributed by atoms with E-state index >= 15 is 0 Å². The molecule has 1 heterocycles. The van der Waals surface area contributed by atoms with Gasteiger partial charge in [-0.05, 0) is 18.2 Å². The number of halogens is 1. The largest absolute Gasteiger partial charge is 0.394 e. The first-order valence-corrected chi connectivity index (χ1v) is 5.79. The number of hydrogen-bond acceptors (Lipinski definition) is 4. The molecule has 1 aliphatic heterocycles. The Bertz CT molecular complexity index is 445. The minimum Gasteiger partial charge on any atom is -0.394 e. The van der Waals surface area contributed by atoms with Gasteiger partial charge in [0.05, 0.1) is 29.9 Å². The summed E-state index contributed by atoms with van der Waals surface area (Å²) in [4.78, 5) is 2.09. The Morgan fingerprint density at radius 2 is 2.41 bits per heavy atom. The molecule has 1 atom stereocenters. The first-order chi connectivity index (χ1) is 8.24. The van der Waals surface area contributed by atoms with Gasteiger partial charge in [-0.2, -0.15) is 5.26 Å². The predicted molar refractivity (Wildman–Crippen MR) is 65.2 cm³/mol. The van der Waals surface area contributed by atoms with Crippen LogP contribution < -0.4 is 4.90 Å². The van der Waals surface area contributed by atoms with Crippen LogP contribution in [0.5, 0.6) is 0 Å². The molecule has 1 saturated heterocycles. The van der Waals surface area contributed by atoms with Crippen molar-refractivity contribution >= 4 is 17.3 Å². The lowest BCUT2D eigenvalue weighted by molar-refractivity contribution is 0.00357. The molecule has 1 aromatic rings. The molecule has 1 N–H and O–H groups in total. The highest BCUT2D eigenvalue weighted by Gasteiger charge is 2.20. The summed E-state index contributed by atoms with van der Waals surface area (Å²) in [6.45, 7) is 2.00. The van der Waals surface area contributed by atoms with E-state index in [-0.39, 0.29) is 12.7 Å². The van der Waals surface area contributed by atoms with Gasteiger partial charge in [0.2, 0.25) is 0 Å². The zero-order valence-corrected chi connectivity index (χ0v) is 10.0. The average Bonchev–Trinajstić information content (AvgIpc) is 2.38. The highest BCUT2D eigenvalue weighted by molar-refractivity contribution is 6.32. The molecule has 90 valence electrons. The minimum atomic E-state index is -0.154. The normalized spacial score (nSPS) is 20.1. The Balaban J connectivity index is 2.17. The predicted octanol–water partition coefficient (Wildman–Crippen LogP) is 1.41. The first kappa shape index (κ1) is 12.2. The van der Waals surface area contributed by atoms with E-state index in [9.17, 15) is 0 Å². The Hall–Kier alpha value is -1.28. The summed E-state index contributed by atoms with van der Waals surface area (Å²) in [7, 11) is 0. The summed E-state index contributed by atoms with van der Waals surface area (Å²) >= 11 is 5.99. The van der Waals surface area contributed by atoms with Crippen LogP contribution in [0, 0.1) is 11.3 Å². The lowest BCUT2D eigenvalue weighted by Crippen LogP contribution is -2.44. The molecule has 4 nitrogen and oxygen atoms in total. The van der Waals surface area contributed by atoms with Gasteiger partial charge in [0.15, 0.2) is 0 Å². The second-order valence-electron chi connectivity index (χ2n) is 3.90. The number of anilines is 1. The topological polar surface area (TPSA) is 56.5 Å². The van der Waals surface area contributed by atoms with E-state index < -0.39 is 0 Å². The maximum Gasteiger partial charge on any atom is 0.101 e. The molecule has 1 aliphatic rings. The number of benzene rings is 1. The summed E-state index contributed by atoms with van der Waals surface area (Å²) in [6.07, 6.45) is -0.154. The minimum absolute atomic E-state index is 0.0144. The fourth-order valence-corrected chi connectivity index (χ4v) is 2.07. The van der Waals surface area contributed by atoms with Crippen molar-refractivity contribution in [2.24, 2.45) is 0 Å². The maximum atomic E-state index is 9.07. The van der Waals surface area contributed by atoms with Gasteiger partial charge in [0, 0.05) is 18.8 Å². The van der Waals surface area contributed by atoms with Gasteiger partial charge in [-0.25, -0.2) is 0 Å². The van der Waals surface area contributed by atoms with Gasteiger partial charge in [-0.1, -0.05) is 11.6 Å². The highest BCUT2D eigenvalue weighted by Crippen LogP contribution is 2.24. The van der Waals surface area contributed by atoms with Crippen molar-refractivity contribution in [3.8, 4) is 6.07 Å². The fourth-order valence-electron chi connectivity index (χ4n) is 1.86. The molecule has 0 radical (unpaired) electrons. The third-order valence-electron chi connectivity index (χ3n) is 2.78. The Morgan fingerprint density at radius 1 is 1.59 bits per heavy atom. The van der Waals surface area contributed by atoms with Crippen molar-refractivity contribution in [2.75, 3.05) is 31.2 Å². The van der Waals surface area contributed by atoms with Crippen molar-refractivity contribution in [1.29, 1.82) is 5.26 Å². The molecule has 2 rings (SSSR count). The van der Waals surface area contributed by atoms with Crippen LogP contribution in [0.1, 0.15) is 5.56 Å². The lowest BCUT2D eigenvalue weighted by Gasteiger charge is -2.33. The third kappa shape index (κ3) is 2.70. The van der Waals surface area contributed by atoms with Gasteiger partial charge in [0.1, 0.15) is 6.07 Å². The van der Waals surface area contributed by atoms with E-state index in [1.807, 2.05) is 12.1 Å². The van der Waals surface area contributed by atoms with E-state index in [2.05, 4.69) is 4.90 Å². The number of hydrogen-bond donors (Lipinski definition) is 1. The SMILES string of the molecule is N#Cc1ccc(N2CCOC(CO)C2)cc1Cl. The molecular weight excluding hydrogens is 240 g/mol. The quantitative estimate of drug-likeness (QED) is 0.865. The number of morpholine rings is 1. The molecule has 1 fully saturated rings. The van der Waals surface area contributed by atoms with E-state index in [1.54, 1.807) is 12.1 Å². The van der Waals surface area contributed by atoms with E-state index in [0.717, 1.165) is 12.2 Å². The molecule has 1 unspecified atom stereocenters. The number of nitrogens with zero attached hydrogens (tertiary/aromatic N) is 2. The zero-order valence-electron chi connectivity index (χ0n) is 9.27. The van der Waals surface area contributed by atoms with Gasteiger partial charge >= 0.3 is 0 Å². The number of aliphatic hydroxyl groups is 1. The first-order valence-electron chi connectivity index (χ1n) is 5.41. The van der Waals surface area contributed by atoms with Crippen LogP contribution in [-0.2, 0) is 4.74 Å². The van der Waals surface area contributed by atoms with Crippen LogP contribution in [-0.4, -0.2) is 37.5 Å². The fraction of sp³-hybridized carbons (Fsp3) is 0.417. The number of nitriles is 1. The van der Waals surface area contributed by atoms with Crippen molar-refractivity contribution in [1.82, 2.24) is 0 Å². The Kier molecular flexibility index (Phi) is 3.85. The van der Waals surface area contributed by atoms with E-state index in [1.165, 1.54) is 0 Å². The highest BCUT2D eigenvalue weighted by atomic mass is 35.5. The van der Waals surface area contributed by atoms with Crippen LogP contribution in [0.4, 0.5) is 5.69 Å². The van der Waals surface area contributed by atoms with Gasteiger partial charge in [-0.15, -0.1) is 0 Å². The molecule has 0 bridgehead atoms. The van der Waals surface area contributed by atoms with E-state index in [0.29, 0.717) is 23.7 Å². The van der Waals surface area contributed by atoms with E-state index in [4.69, 9.17) is 26.7 Å². The average molecular weight is 253 g/mol. The molecule has 0 saturated carbocycles. The Morgan fingerprint density at radius 3 is 3.06 bits per heavy atom. The third-order valence-corrected chi connectivity index (χ3v) is 3.09. The van der Waals surface area contributed by atoms with Crippen LogP contribution >= 0.6 is 11.6 Å². The number of rotatable bonds is 2. The smallest absolute Gasteiger partial charge is 0.101 e. The van der Waals surface area contributed by atoms with Gasteiger partial charge in [-0.3, -0.25) is 0 Å². The van der Waals surface area contributed by atoms with Crippen molar-refractivity contribution < 1.29 is 9.84 Å². The summed E-state index contributed by atoms with van der Waals surface area (Å²) in [6, 6.07) is 7.38. The maximum absolute atomic E-state index is 9.07. The van der Waals surface area contributed by atoms with Gasteiger partial charge in [0.25, 0.3) is 0 Å². The second-order valence-corrected chi connectivity index (χ2v) is 4.30. The number of aliphatic hydroxyl groups excluding tert-OH is 1. The van der Waals surface area contributed by atoms with Crippen molar-refractivity contribution in [3.05, 3.63) is 28.8 Å². The lowest BCUT2D eigenvalue weighted by atomic mass is 10.2. The monoisotopic (exact) mass is 252 g/mol. The standard InChI is InChI=1S/C12H13ClN2O2/c13-12-5-10(2-1-9(12)6-14)15-3-4-17-11(7-15)8-16/h1-2,5,11,16H,3-4,7-8H2. The molecule has 1 aromatic carbocycles. The van der Waals surface area contributed by atoms with Crippen molar-refractivity contribution in [3.63, 3.8) is 0 Å².